The third kappa shape index (κ3) is 4.72. The second-order valence-electron chi connectivity index (χ2n) is 6.47. The molecular formula is C20H23ClF2N2O3. The molecule has 1 aliphatic heterocycles. The SMILES string of the molecule is COc1ccc(C(=O)N2C[C@@H](CN)[C@H](c3ccccc3)C2)cc1OC(F)F.Cl. The first-order chi connectivity index (χ1) is 13.0. The van der Waals surface area contributed by atoms with Crippen molar-refractivity contribution in [3.63, 3.8) is 0 Å². The van der Waals surface area contributed by atoms with Gasteiger partial charge in [-0.05, 0) is 36.2 Å². The third-order valence-corrected chi connectivity index (χ3v) is 4.89. The summed E-state index contributed by atoms with van der Waals surface area (Å²) in [4.78, 5) is 14.6. The first-order valence-corrected chi connectivity index (χ1v) is 8.70. The Morgan fingerprint density at radius 1 is 1.18 bits per heavy atom. The van der Waals surface area contributed by atoms with Crippen LogP contribution in [0.15, 0.2) is 48.5 Å². The summed E-state index contributed by atoms with van der Waals surface area (Å²) in [6.45, 7) is -1.49. The van der Waals surface area contributed by atoms with E-state index in [9.17, 15) is 13.6 Å². The van der Waals surface area contributed by atoms with Crippen molar-refractivity contribution in [1.82, 2.24) is 4.90 Å². The van der Waals surface area contributed by atoms with Crippen LogP contribution >= 0.6 is 12.4 Å². The van der Waals surface area contributed by atoms with E-state index in [0.717, 1.165) is 5.56 Å². The zero-order chi connectivity index (χ0) is 19.4. The van der Waals surface area contributed by atoms with Crippen LogP contribution in [0.25, 0.3) is 0 Å². The van der Waals surface area contributed by atoms with Crippen LogP contribution in [-0.2, 0) is 0 Å². The van der Waals surface area contributed by atoms with E-state index in [0.29, 0.717) is 19.6 Å². The second kappa shape index (κ2) is 9.71. The molecule has 5 nitrogen and oxygen atoms in total. The first-order valence-electron chi connectivity index (χ1n) is 8.70. The fourth-order valence-electron chi connectivity index (χ4n) is 3.53. The van der Waals surface area contributed by atoms with Gasteiger partial charge in [0.25, 0.3) is 5.91 Å². The molecule has 0 radical (unpaired) electrons. The van der Waals surface area contributed by atoms with Gasteiger partial charge in [0.1, 0.15) is 0 Å². The van der Waals surface area contributed by atoms with Crippen LogP contribution in [0.5, 0.6) is 11.5 Å². The molecule has 0 aliphatic carbocycles. The maximum atomic E-state index is 12.9. The summed E-state index contributed by atoms with van der Waals surface area (Å²) in [5.41, 5.74) is 7.33. The Bertz CT molecular complexity index is 792. The Labute approximate surface area is 168 Å². The molecule has 8 heteroatoms. The summed E-state index contributed by atoms with van der Waals surface area (Å²) in [7, 11) is 1.35. The van der Waals surface area contributed by atoms with Gasteiger partial charge in [0.15, 0.2) is 11.5 Å². The quantitative estimate of drug-likeness (QED) is 0.788. The average molecular weight is 413 g/mol. The molecule has 152 valence electrons. The number of carbonyl (C=O) groups excluding carboxylic acids is 1. The zero-order valence-electron chi connectivity index (χ0n) is 15.4. The van der Waals surface area contributed by atoms with Crippen molar-refractivity contribution in [1.29, 1.82) is 0 Å². The largest absolute Gasteiger partial charge is 0.493 e. The van der Waals surface area contributed by atoms with Crippen LogP contribution in [0.4, 0.5) is 8.78 Å². The maximum Gasteiger partial charge on any atom is 0.387 e. The van der Waals surface area contributed by atoms with E-state index in [1.165, 1.54) is 19.2 Å². The molecule has 0 spiro atoms. The molecule has 2 aromatic carbocycles. The van der Waals surface area contributed by atoms with Crippen molar-refractivity contribution in [2.75, 3.05) is 26.7 Å². The molecule has 2 atom stereocenters. The van der Waals surface area contributed by atoms with Crippen LogP contribution in [0.2, 0.25) is 0 Å². The van der Waals surface area contributed by atoms with Crippen molar-refractivity contribution in [3.05, 3.63) is 59.7 Å². The summed E-state index contributed by atoms with van der Waals surface area (Å²) in [5.74, 6) is 0.0398. The standard InChI is InChI=1S/C20H22F2N2O3.ClH/c1-26-17-8-7-14(9-18(17)27-20(21)22)19(25)24-11-15(10-23)16(12-24)13-5-3-2-4-6-13;/h2-9,15-16,20H,10-12,23H2,1H3;1H/t15-,16+;/m1./s1. The van der Waals surface area contributed by atoms with Gasteiger partial charge in [-0.1, -0.05) is 30.3 Å². The minimum atomic E-state index is -3.00. The summed E-state index contributed by atoms with van der Waals surface area (Å²) in [6, 6.07) is 14.2. The topological polar surface area (TPSA) is 64.8 Å². The number of amides is 1. The first kappa shape index (κ1) is 21.9. The summed E-state index contributed by atoms with van der Waals surface area (Å²) < 4.78 is 34.7. The van der Waals surface area contributed by atoms with Crippen LogP contribution in [0.3, 0.4) is 0 Å². The summed E-state index contributed by atoms with van der Waals surface area (Å²) in [6.07, 6.45) is 0. The molecule has 1 amide bonds. The zero-order valence-corrected chi connectivity index (χ0v) is 16.2. The molecule has 0 unspecified atom stereocenters. The number of methoxy groups -OCH3 is 1. The van der Waals surface area contributed by atoms with Crippen molar-refractivity contribution in [2.45, 2.75) is 12.5 Å². The van der Waals surface area contributed by atoms with Crippen molar-refractivity contribution in [3.8, 4) is 11.5 Å². The Kier molecular flexibility index (Phi) is 7.60. The highest BCUT2D eigenvalue weighted by atomic mass is 35.5. The highest BCUT2D eigenvalue weighted by molar-refractivity contribution is 5.95. The Balaban J connectivity index is 0.00000280. The van der Waals surface area contributed by atoms with Gasteiger partial charge >= 0.3 is 6.61 Å². The van der Waals surface area contributed by atoms with Crippen LogP contribution < -0.4 is 15.2 Å². The molecule has 2 N–H and O–H groups in total. The molecule has 0 saturated carbocycles. The number of nitrogens with zero attached hydrogens (tertiary/aromatic N) is 1. The molecule has 1 aliphatic rings. The molecule has 28 heavy (non-hydrogen) atoms. The van der Waals surface area contributed by atoms with Crippen molar-refractivity contribution >= 4 is 18.3 Å². The number of nitrogens with two attached hydrogens (primary N) is 1. The number of benzene rings is 2. The van der Waals surface area contributed by atoms with E-state index in [2.05, 4.69) is 4.74 Å². The van der Waals surface area contributed by atoms with Gasteiger partial charge in [-0.2, -0.15) is 8.78 Å². The number of likely N-dealkylation sites (tertiary alicyclic amines) is 1. The van der Waals surface area contributed by atoms with Crippen molar-refractivity contribution in [2.24, 2.45) is 11.7 Å². The fraction of sp³-hybridized carbons (Fsp3) is 0.350. The Hall–Kier alpha value is -2.38. The number of carbonyl (C=O) groups is 1. The monoisotopic (exact) mass is 412 g/mol. The molecule has 1 heterocycles. The minimum Gasteiger partial charge on any atom is -0.493 e. The lowest BCUT2D eigenvalue weighted by Gasteiger charge is -2.18. The Morgan fingerprint density at radius 3 is 2.50 bits per heavy atom. The Morgan fingerprint density at radius 2 is 1.89 bits per heavy atom. The molecule has 3 rings (SSSR count). The van der Waals surface area contributed by atoms with Crippen LogP contribution in [0, 0.1) is 5.92 Å². The van der Waals surface area contributed by atoms with Gasteiger partial charge in [0.05, 0.1) is 7.11 Å². The number of halogens is 3. The summed E-state index contributed by atoms with van der Waals surface area (Å²) >= 11 is 0. The van der Waals surface area contributed by atoms with Crippen molar-refractivity contribution < 1.29 is 23.0 Å². The smallest absolute Gasteiger partial charge is 0.387 e. The highest BCUT2D eigenvalue weighted by Crippen LogP contribution is 2.34. The molecule has 0 bridgehead atoms. The molecule has 1 fully saturated rings. The number of hydrogen-bond acceptors (Lipinski definition) is 4. The number of ether oxygens (including phenoxy) is 2. The number of hydrogen-bond donors (Lipinski definition) is 1. The van der Waals surface area contributed by atoms with E-state index in [1.807, 2.05) is 30.3 Å². The predicted octanol–water partition coefficient (Wildman–Crippen LogP) is 3.53. The predicted molar refractivity (Wildman–Crippen MR) is 105 cm³/mol. The lowest BCUT2D eigenvalue weighted by molar-refractivity contribution is -0.0512. The van der Waals surface area contributed by atoms with E-state index < -0.39 is 6.61 Å². The van der Waals surface area contributed by atoms with E-state index >= 15 is 0 Å². The number of rotatable bonds is 6. The van der Waals surface area contributed by atoms with E-state index in [4.69, 9.17) is 10.5 Å². The molecule has 2 aromatic rings. The van der Waals surface area contributed by atoms with Gasteiger partial charge in [0, 0.05) is 24.6 Å². The van der Waals surface area contributed by atoms with Gasteiger partial charge in [-0.15, -0.1) is 12.4 Å². The maximum absolute atomic E-state index is 12.9. The van der Waals surface area contributed by atoms with Gasteiger partial charge in [-0.25, -0.2) is 0 Å². The summed E-state index contributed by atoms with van der Waals surface area (Å²) in [5, 5.41) is 0. The molecular weight excluding hydrogens is 390 g/mol. The minimum absolute atomic E-state index is 0. The van der Waals surface area contributed by atoms with Gasteiger partial charge in [-0.3, -0.25) is 4.79 Å². The van der Waals surface area contributed by atoms with E-state index in [1.54, 1.807) is 11.0 Å². The van der Waals surface area contributed by atoms with Crippen LogP contribution in [0.1, 0.15) is 21.8 Å². The third-order valence-electron chi connectivity index (χ3n) is 4.89. The lowest BCUT2D eigenvalue weighted by Crippen LogP contribution is -2.29. The van der Waals surface area contributed by atoms with Crippen LogP contribution in [-0.4, -0.2) is 44.2 Å². The fourth-order valence-corrected chi connectivity index (χ4v) is 3.53. The molecule has 0 aromatic heterocycles. The normalized spacial score (nSPS) is 18.7. The second-order valence-corrected chi connectivity index (χ2v) is 6.47. The van der Waals surface area contributed by atoms with Gasteiger partial charge < -0.3 is 20.1 Å². The number of alkyl halides is 2. The van der Waals surface area contributed by atoms with Gasteiger partial charge in [0.2, 0.25) is 0 Å². The average Bonchev–Trinajstić information content (AvgIpc) is 3.12. The highest BCUT2D eigenvalue weighted by Gasteiger charge is 2.35. The van der Waals surface area contributed by atoms with E-state index in [-0.39, 0.29) is 47.2 Å². The lowest BCUT2D eigenvalue weighted by atomic mass is 9.89. The molecule has 1 saturated heterocycles.